The second-order valence-electron chi connectivity index (χ2n) is 4.27. The first-order valence-electron chi connectivity index (χ1n) is 6.06. The lowest BCUT2D eigenvalue weighted by Gasteiger charge is -2.17. The van der Waals surface area contributed by atoms with Gasteiger partial charge in [-0.1, -0.05) is 0 Å². The lowest BCUT2D eigenvalue weighted by atomic mass is 9.95. The topological polar surface area (TPSA) is 108 Å². The third-order valence-corrected chi connectivity index (χ3v) is 2.95. The normalized spacial score (nSPS) is 11.6. The number of methoxy groups -OCH3 is 3. The molecule has 0 fully saturated rings. The van der Waals surface area contributed by atoms with Crippen molar-refractivity contribution in [1.29, 1.82) is 0 Å². The smallest absolute Gasteiger partial charge is 0.304 e. The van der Waals surface area contributed by atoms with Crippen LogP contribution in [0.25, 0.3) is 0 Å². The van der Waals surface area contributed by atoms with Gasteiger partial charge in [0.15, 0.2) is 11.5 Å². The molecule has 0 aromatic heterocycles. The van der Waals surface area contributed by atoms with E-state index in [1.165, 1.54) is 33.5 Å². The molecule has 116 valence electrons. The van der Waals surface area contributed by atoms with Crippen LogP contribution in [0, 0.1) is 10.1 Å². The fourth-order valence-electron chi connectivity index (χ4n) is 2.02. The van der Waals surface area contributed by atoms with Gasteiger partial charge in [0.2, 0.25) is 12.3 Å². The van der Waals surface area contributed by atoms with Crippen molar-refractivity contribution in [2.24, 2.45) is 0 Å². The molecule has 1 rings (SSSR count). The van der Waals surface area contributed by atoms with E-state index in [1.54, 1.807) is 0 Å². The minimum atomic E-state index is -1.12. The summed E-state index contributed by atoms with van der Waals surface area (Å²) in [6, 6.07) is 3.05. The number of carboxylic acids is 1. The first-order valence-corrected chi connectivity index (χ1v) is 6.06. The van der Waals surface area contributed by atoms with Gasteiger partial charge in [-0.2, -0.15) is 0 Å². The number of carbonyl (C=O) groups is 1. The first kappa shape index (κ1) is 16.5. The molecule has 0 bridgehead atoms. The fraction of sp³-hybridized carbons (Fsp3) is 0.462. The average molecular weight is 299 g/mol. The highest BCUT2D eigenvalue weighted by Crippen LogP contribution is 2.40. The summed E-state index contributed by atoms with van der Waals surface area (Å²) in [6.07, 6.45) is -0.361. The SMILES string of the molecule is COc1cc(C(CC(=O)O)C[N+](=O)[O-])cc(OC)c1OC. The maximum absolute atomic E-state index is 10.9. The monoisotopic (exact) mass is 299 g/mol. The third-order valence-electron chi connectivity index (χ3n) is 2.95. The molecule has 0 saturated heterocycles. The predicted molar refractivity (Wildman–Crippen MR) is 73.0 cm³/mol. The molecule has 8 heteroatoms. The van der Waals surface area contributed by atoms with E-state index in [0.29, 0.717) is 22.8 Å². The highest BCUT2D eigenvalue weighted by Gasteiger charge is 2.24. The van der Waals surface area contributed by atoms with E-state index >= 15 is 0 Å². The Morgan fingerprint density at radius 3 is 2.10 bits per heavy atom. The Bertz CT molecular complexity index is 488. The second-order valence-corrected chi connectivity index (χ2v) is 4.27. The van der Waals surface area contributed by atoms with Gasteiger partial charge < -0.3 is 19.3 Å². The number of rotatable bonds is 8. The maximum Gasteiger partial charge on any atom is 0.304 e. The number of hydrogen-bond donors (Lipinski definition) is 1. The van der Waals surface area contributed by atoms with Crippen LogP contribution in [0.2, 0.25) is 0 Å². The van der Waals surface area contributed by atoms with Gasteiger partial charge in [-0.15, -0.1) is 0 Å². The molecule has 1 aromatic carbocycles. The van der Waals surface area contributed by atoms with Crippen molar-refractivity contribution in [3.05, 3.63) is 27.8 Å². The fourth-order valence-corrected chi connectivity index (χ4v) is 2.02. The van der Waals surface area contributed by atoms with Gasteiger partial charge in [-0.05, 0) is 17.7 Å². The highest BCUT2D eigenvalue weighted by atomic mass is 16.6. The minimum absolute atomic E-state index is 0.325. The van der Waals surface area contributed by atoms with Crippen LogP contribution in [0.3, 0.4) is 0 Å². The summed E-state index contributed by atoms with van der Waals surface area (Å²) in [5.74, 6) is -0.906. The Kier molecular flexibility index (Phi) is 5.77. The summed E-state index contributed by atoms with van der Waals surface area (Å²) in [5, 5.41) is 19.6. The van der Waals surface area contributed by atoms with Gasteiger partial charge in [0, 0.05) is 4.92 Å². The average Bonchev–Trinajstić information content (AvgIpc) is 2.43. The molecule has 0 radical (unpaired) electrons. The van der Waals surface area contributed by atoms with Crippen molar-refractivity contribution < 1.29 is 29.0 Å². The molecule has 0 saturated carbocycles. The van der Waals surface area contributed by atoms with Gasteiger partial charge >= 0.3 is 5.97 Å². The Hall–Kier alpha value is -2.51. The van der Waals surface area contributed by atoms with E-state index in [1.807, 2.05) is 0 Å². The summed E-state index contributed by atoms with van der Waals surface area (Å²) >= 11 is 0. The van der Waals surface area contributed by atoms with Crippen LogP contribution in [0.15, 0.2) is 12.1 Å². The summed E-state index contributed by atoms with van der Waals surface area (Å²) < 4.78 is 15.5. The Labute approximate surface area is 121 Å². The molecule has 0 heterocycles. The molecule has 8 nitrogen and oxygen atoms in total. The van der Waals surface area contributed by atoms with Crippen LogP contribution in [-0.2, 0) is 4.79 Å². The van der Waals surface area contributed by atoms with E-state index < -0.39 is 23.4 Å². The number of hydrogen-bond acceptors (Lipinski definition) is 6. The quantitative estimate of drug-likeness (QED) is 0.573. The van der Waals surface area contributed by atoms with Crippen LogP contribution >= 0.6 is 0 Å². The maximum atomic E-state index is 10.9. The Morgan fingerprint density at radius 1 is 1.24 bits per heavy atom. The van der Waals surface area contributed by atoms with E-state index in [2.05, 4.69) is 0 Å². The number of benzene rings is 1. The molecule has 0 aliphatic rings. The molecule has 1 N–H and O–H groups in total. The van der Waals surface area contributed by atoms with Crippen LogP contribution in [-0.4, -0.2) is 43.9 Å². The summed E-state index contributed by atoms with van der Waals surface area (Å²) in [7, 11) is 4.27. The van der Waals surface area contributed by atoms with Crippen LogP contribution in [0.1, 0.15) is 17.9 Å². The van der Waals surface area contributed by atoms with E-state index in [4.69, 9.17) is 19.3 Å². The van der Waals surface area contributed by atoms with Gasteiger partial charge in [-0.3, -0.25) is 14.9 Å². The Balaban J connectivity index is 3.29. The van der Waals surface area contributed by atoms with Crippen LogP contribution < -0.4 is 14.2 Å². The molecule has 1 aromatic rings. The molecule has 0 amide bonds. The Morgan fingerprint density at radius 2 is 1.76 bits per heavy atom. The molecule has 0 aliphatic heterocycles. The third kappa shape index (κ3) is 4.23. The standard InChI is InChI=1S/C13H17NO7/c1-19-10-4-8(5-11(20-2)13(10)21-3)9(6-12(15)16)7-14(17)18/h4-5,9H,6-7H2,1-3H3,(H,15,16). The van der Waals surface area contributed by atoms with Crippen molar-refractivity contribution in [3.8, 4) is 17.2 Å². The minimum Gasteiger partial charge on any atom is -0.493 e. The number of aliphatic carboxylic acids is 1. The molecule has 1 unspecified atom stereocenters. The summed E-state index contributed by atoms with van der Waals surface area (Å²) in [4.78, 5) is 21.1. The first-order chi connectivity index (χ1) is 9.92. The largest absolute Gasteiger partial charge is 0.493 e. The molecule has 0 spiro atoms. The molecule has 21 heavy (non-hydrogen) atoms. The van der Waals surface area contributed by atoms with Crippen molar-refractivity contribution in [3.63, 3.8) is 0 Å². The zero-order valence-corrected chi connectivity index (χ0v) is 12.0. The van der Waals surface area contributed by atoms with Crippen LogP contribution in [0.5, 0.6) is 17.2 Å². The highest BCUT2D eigenvalue weighted by molar-refractivity contribution is 5.68. The lowest BCUT2D eigenvalue weighted by molar-refractivity contribution is -0.483. The zero-order chi connectivity index (χ0) is 16.0. The van der Waals surface area contributed by atoms with Gasteiger partial charge in [0.25, 0.3) is 0 Å². The number of nitro groups is 1. The van der Waals surface area contributed by atoms with Gasteiger partial charge in [-0.25, -0.2) is 0 Å². The number of nitrogens with zero attached hydrogens (tertiary/aromatic N) is 1. The predicted octanol–water partition coefficient (Wildman–Crippen LogP) is 1.55. The van der Waals surface area contributed by atoms with Crippen LogP contribution in [0.4, 0.5) is 0 Å². The molecule has 1 atom stereocenters. The summed E-state index contributed by atoms with van der Waals surface area (Å²) in [6.45, 7) is -0.495. The lowest BCUT2D eigenvalue weighted by Crippen LogP contribution is -2.16. The second kappa shape index (κ2) is 7.32. The van der Waals surface area contributed by atoms with E-state index in [9.17, 15) is 14.9 Å². The van der Waals surface area contributed by atoms with Crippen molar-refractivity contribution in [2.75, 3.05) is 27.9 Å². The summed E-state index contributed by atoms with van der Waals surface area (Å²) in [5.41, 5.74) is 0.448. The van der Waals surface area contributed by atoms with Crippen molar-refractivity contribution >= 4 is 5.97 Å². The van der Waals surface area contributed by atoms with Gasteiger partial charge in [0.05, 0.1) is 33.7 Å². The molecular weight excluding hydrogens is 282 g/mol. The van der Waals surface area contributed by atoms with Crippen molar-refractivity contribution in [2.45, 2.75) is 12.3 Å². The molecular formula is C13H17NO7. The number of carboxylic acid groups (broad SMARTS) is 1. The molecule has 0 aliphatic carbocycles. The van der Waals surface area contributed by atoms with Crippen molar-refractivity contribution in [1.82, 2.24) is 0 Å². The van der Waals surface area contributed by atoms with E-state index in [-0.39, 0.29) is 6.42 Å². The zero-order valence-electron chi connectivity index (χ0n) is 12.0. The van der Waals surface area contributed by atoms with Gasteiger partial charge in [0.1, 0.15) is 0 Å². The number of ether oxygens (including phenoxy) is 3. The van der Waals surface area contributed by atoms with E-state index in [0.717, 1.165) is 0 Å².